The minimum atomic E-state index is -1.37. The average molecular weight is 456 g/mol. The lowest BCUT2D eigenvalue weighted by molar-refractivity contribution is 0.0136. The Balaban J connectivity index is 1.29. The van der Waals surface area contributed by atoms with Crippen LogP contribution in [0.3, 0.4) is 0 Å². The molecule has 1 aliphatic carbocycles. The maximum Gasteiger partial charge on any atom is 0.407 e. The Kier molecular flexibility index (Phi) is 6.74. The van der Waals surface area contributed by atoms with Crippen LogP contribution in [0.1, 0.15) is 35.1 Å². The largest absolute Gasteiger partial charge is 0.449 e. The highest BCUT2D eigenvalue weighted by atomic mass is 35.5. The van der Waals surface area contributed by atoms with Gasteiger partial charge in [-0.05, 0) is 34.7 Å². The maximum absolute atomic E-state index is 13.6. The second kappa shape index (κ2) is 9.69. The predicted molar refractivity (Wildman–Crippen MR) is 120 cm³/mol. The van der Waals surface area contributed by atoms with E-state index in [9.17, 15) is 19.4 Å². The van der Waals surface area contributed by atoms with Crippen LogP contribution in [0.15, 0.2) is 66.7 Å². The maximum atomic E-state index is 13.6. The number of fused-ring (bicyclic) bond motifs is 3. The van der Waals surface area contributed by atoms with Crippen molar-refractivity contribution in [2.24, 2.45) is 0 Å². The molecule has 2 unspecified atom stereocenters. The average Bonchev–Trinajstić information content (AvgIpc) is 3.13. The van der Waals surface area contributed by atoms with Crippen molar-refractivity contribution in [2.45, 2.75) is 24.5 Å². The lowest BCUT2D eigenvalue weighted by Gasteiger charge is -2.20. The molecule has 166 valence electrons. The molecule has 0 radical (unpaired) electrons. The van der Waals surface area contributed by atoms with Crippen molar-refractivity contribution in [3.63, 3.8) is 0 Å². The third-order valence-electron chi connectivity index (χ3n) is 5.72. The molecule has 7 heteroatoms. The number of rotatable bonds is 7. The summed E-state index contributed by atoms with van der Waals surface area (Å²) in [5.41, 5.74) is 4.62. The van der Waals surface area contributed by atoms with E-state index >= 15 is 0 Å². The molecule has 3 N–H and O–H groups in total. The Morgan fingerprint density at radius 1 is 1.00 bits per heavy atom. The van der Waals surface area contributed by atoms with Crippen molar-refractivity contribution in [3.8, 4) is 11.1 Å². The normalized spacial score (nSPS) is 14.4. The van der Waals surface area contributed by atoms with Gasteiger partial charge in [0.2, 0.25) is 0 Å². The number of carbonyl (C=O) groups is 1. The summed E-state index contributed by atoms with van der Waals surface area (Å²) in [5.74, 6) is -0.720. The summed E-state index contributed by atoms with van der Waals surface area (Å²) in [5, 5.41) is 22.8. The molecule has 3 aromatic rings. The van der Waals surface area contributed by atoms with E-state index in [-0.39, 0.29) is 36.1 Å². The first-order valence-corrected chi connectivity index (χ1v) is 10.7. The highest BCUT2D eigenvalue weighted by Gasteiger charge is 2.29. The second-order valence-corrected chi connectivity index (χ2v) is 8.07. The monoisotopic (exact) mass is 455 g/mol. The van der Waals surface area contributed by atoms with E-state index in [2.05, 4.69) is 17.4 Å². The molecule has 0 saturated heterocycles. The number of hydrogen-bond donors (Lipinski definition) is 3. The lowest BCUT2D eigenvalue weighted by Crippen LogP contribution is -2.30. The molecule has 5 nitrogen and oxygen atoms in total. The fourth-order valence-corrected chi connectivity index (χ4v) is 4.32. The predicted octanol–water partition coefficient (Wildman–Crippen LogP) is 4.80. The number of alkyl carbamates (subject to hydrolysis) is 1. The summed E-state index contributed by atoms with van der Waals surface area (Å²) in [6, 6.07) is 20.1. The number of amides is 1. The summed E-state index contributed by atoms with van der Waals surface area (Å²) in [6.45, 7) is 0.256. The van der Waals surface area contributed by atoms with Gasteiger partial charge in [0.25, 0.3) is 0 Å². The van der Waals surface area contributed by atoms with E-state index in [0.717, 1.165) is 22.3 Å². The molecule has 3 aromatic carbocycles. The quantitative estimate of drug-likeness (QED) is 0.478. The molecule has 2 atom stereocenters. The number of aliphatic hydroxyl groups excluding tert-OH is 2. The summed E-state index contributed by atoms with van der Waals surface area (Å²) < 4.78 is 19.0. The molecule has 1 amide bonds. The van der Waals surface area contributed by atoms with Gasteiger partial charge in [-0.1, -0.05) is 72.3 Å². The number of halogens is 2. The SMILES string of the molecule is O=C(NCCC(O)C(O)c1cccc(F)c1Cl)OCC1c2ccccc2-c2ccccc21. The second-order valence-electron chi connectivity index (χ2n) is 7.70. The van der Waals surface area contributed by atoms with Gasteiger partial charge in [0.1, 0.15) is 18.5 Å². The van der Waals surface area contributed by atoms with Crippen molar-refractivity contribution >= 4 is 17.7 Å². The molecule has 0 saturated carbocycles. The van der Waals surface area contributed by atoms with Crippen LogP contribution in [0.4, 0.5) is 9.18 Å². The zero-order valence-corrected chi connectivity index (χ0v) is 17.9. The third-order valence-corrected chi connectivity index (χ3v) is 6.12. The van der Waals surface area contributed by atoms with Crippen LogP contribution >= 0.6 is 11.6 Å². The van der Waals surface area contributed by atoms with Gasteiger partial charge in [-0.3, -0.25) is 0 Å². The van der Waals surface area contributed by atoms with E-state index in [0.29, 0.717) is 0 Å². The van der Waals surface area contributed by atoms with Gasteiger partial charge in [-0.25, -0.2) is 9.18 Å². The van der Waals surface area contributed by atoms with Crippen LogP contribution in [-0.2, 0) is 4.74 Å². The fourth-order valence-electron chi connectivity index (χ4n) is 4.09. The number of aliphatic hydroxyl groups is 2. The number of hydrogen-bond acceptors (Lipinski definition) is 4. The Hall–Kier alpha value is -2.93. The zero-order valence-electron chi connectivity index (χ0n) is 17.2. The van der Waals surface area contributed by atoms with Gasteiger partial charge in [-0.2, -0.15) is 0 Å². The van der Waals surface area contributed by atoms with E-state index in [4.69, 9.17) is 16.3 Å². The van der Waals surface area contributed by atoms with Crippen LogP contribution in [-0.4, -0.2) is 35.6 Å². The first-order chi connectivity index (χ1) is 15.5. The van der Waals surface area contributed by atoms with Crippen LogP contribution in [0, 0.1) is 5.82 Å². The Morgan fingerprint density at radius 2 is 1.62 bits per heavy atom. The molecule has 32 heavy (non-hydrogen) atoms. The minimum Gasteiger partial charge on any atom is -0.449 e. The van der Waals surface area contributed by atoms with Gasteiger partial charge < -0.3 is 20.3 Å². The molecule has 0 aromatic heterocycles. The fraction of sp³-hybridized carbons (Fsp3) is 0.240. The van der Waals surface area contributed by atoms with Gasteiger partial charge >= 0.3 is 6.09 Å². The highest BCUT2D eigenvalue weighted by Crippen LogP contribution is 2.44. The van der Waals surface area contributed by atoms with Gasteiger partial charge in [-0.15, -0.1) is 0 Å². The molecule has 0 spiro atoms. The standard InChI is InChI=1S/C25H23ClFNO4/c26-23-19(10-5-11-21(23)27)24(30)22(29)12-13-28-25(31)32-14-20-17-8-3-1-6-15(17)16-7-2-4-9-18(16)20/h1-11,20,22,24,29-30H,12-14H2,(H,28,31). The molecule has 0 fully saturated rings. The molecule has 4 rings (SSSR count). The zero-order chi connectivity index (χ0) is 22.7. The number of carbonyl (C=O) groups excluding carboxylic acids is 1. The Labute approximate surface area is 190 Å². The Morgan fingerprint density at radius 3 is 2.28 bits per heavy atom. The van der Waals surface area contributed by atoms with Crippen LogP contribution < -0.4 is 5.32 Å². The molecular weight excluding hydrogens is 433 g/mol. The Bertz CT molecular complexity index is 1080. The van der Waals surface area contributed by atoms with Crippen molar-refractivity contribution in [2.75, 3.05) is 13.2 Å². The molecule has 0 heterocycles. The summed E-state index contributed by atoms with van der Waals surface area (Å²) in [4.78, 5) is 12.2. The van der Waals surface area contributed by atoms with Crippen molar-refractivity contribution in [1.29, 1.82) is 0 Å². The first kappa shape index (κ1) is 22.3. The molecular formula is C25H23ClFNO4. The van der Waals surface area contributed by atoms with Crippen molar-refractivity contribution < 1.29 is 24.1 Å². The highest BCUT2D eigenvalue weighted by molar-refractivity contribution is 6.31. The number of benzene rings is 3. The lowest BCUT2D eigenvalue weighted by atomic mass is 9.98. The minimum absolute atomic E-state index is 0.0399. The van der Waals surface area contributed by atoms with E-state index in [1.54, 1.807) is 0 Å². The van der Waals surface area contributed by atoms with Crippen molar-refractivity contribution in [3.05, 3.63) is 94.3 Å². The van der Waals surface area contributed by atoms with E-state index < -0.39 is 24.1 Å². The van der Waals surface area contributed by atoms with Gasteiger partial charge in [0.05, 0.1) is 11.1 Å². The number of nitrogens with one attached hydrogen (secondary N) is 1. The summed E-state index contributed by atoms with van der Waals surface area (Å²) >= 11 is 5.86. The smallest absolute Gasteiger partial charge is 0.407 e. The van der Waals surface area contributed by atoms with E-state index in [1.165, 1.54) is 18.2 Å². The third kappa shape index (κ3) is 4.48. The van der Waals surface area contributed by atoms with Crippen LogP contribution in [0.2, 0.25) is 5.02 Å². The number of ether oxygens (including phenoxy) is 1. The van der Waals surface area contributed by atoms with Gasteiger partial charge in [0.15, 0.2) is 0 Å². The summed E-state index contributed by atoms with van der Waals surface area (Å²) in [6.07, 6.45) is -3.18. The molecule has 0 aliphatic heterocycles. The van der Waals surface area contributed by atoms with E-state index in [1.807, 2.05) is 36.4 Å². The topological polar surface area (TPSA) is 78.8 Å². The van der Waals surface area contributed by atoms with Crippen LogP contribution in [0.25, 0.3) is 11.1 Å². The first-order valence-electron chi connectivity index (χ1n) is 10.4. The van der Waals surface area contributed by atoms with Crippen LogP contribution in [0.5, 0.6) is 0 Å². The molecule has 1 aliphatic rings. The summed E-state index contributed by atoms with van der Waals surface area (Å²) in [7, 11) is 0. The van der Waals surface area contributed by atoms with Crippen molar-refractivity contribution in [1.82, 2.24) is 5.32 Å². The molecule has 0 bridgehead atoms. The van der Waals surface area contributed by atoms with Gasteiger partial charge in [0, 0.05) is 18.0 Å².